The van der Waals surface area contributed by atoms with E-state index in [0.717, 1.165) is 12.0 Å². The van der Waals surface area contributed by atoms with E-state index in [9.17, 15) is 5.11 Å². The topological polar surface area (TPSA) is 55.2 Å². The molecule has 0 amide bonds. The van der Waals surface area contributed by atoms with Gasteiger partial charge in [-0.3, -0.25) is 9.97 Å². The number of aryl methyl sites for hydroxylation is 1. The number of pyridine rings is 2. The van der Waals surface area contributed by atoms with Crippen LogP contribution in [0.3, 0.4) is 0 Å². The lowest BCUT2D eigenvalue weighted by molar-refractivity contribution is 0.158. The van der Waals surface area contributed by atoms with E-state index in [4.69, 9.17) is 4.74 Å². The largest absolute Gasteiger partial charge is 0.495 e. The predicted molar refractivity (Wildman–Crippen MR) is 68.3 cm³/mol. The third kappa shape index (κ3) is 3.05. The Morgan fingerprint density at radius 1 is 1.28 bits per heavy atom. The summed E-state index contributed by atoms with van der Waals surface area (Å²) in [7, 11) is 1.58. The van der Waals surface area contributed by atoms with Crippen molar-refractivity contribution >= 4 is 0 Å². The molecule has 0 saturated carbocycles. The lowest BCUT2D eigenvalue weighted by Gasteiger charge is -2.13. The van der Waals surface area contributed by atoms with Crippen LogP contribution in [0.4, 0.5) is 0 Å². The first kappa shape index (κ1) is 12.5. The molecule has 0 aromatic carbocycles. The highest BCUT2D eigenvalue weighted by molar-refractivity contribution is 5.28. The number of ether oxygens (including phenoxy) is 1. The Balaban J connectivity index is 2.01. The Morgan fingerprint density at radius 3 is 2.83 bits per heavy atom. The zero-order valence-corrected chi connectivity index (χ0v) is 10.3. The summed E-state index contributed by atoms with van der Waals surface area (Å²) >= 11 is 0. The van der Waals surface area contributed by atoms with Crippen LogP contribution in [-0.4, -0.2) is 22.2 Å². The van der Waals surface area contributed by atoms with E-state index in [-0.39, 0.29) is 0 Å². The van der Waals surface area contributed by atoms with Crippen molar-refractivity contribution in [2.24, 2.45) is 0 Å². The third-order valence-electron chi connectivity index (χ3n) is 2.76. The molecular formula is C14H16N2O2. The van der Waals surface area contributed by atoms with Gasteiger partial charge in [0.15, 0.2) is 0 Å². The van der Waals surface area contributed by atoms with Crippen LogP contribution < -0.4 is 4.74 Å². The molecule has 94 valence electrons. The van der Waals surface area contributed by atoms with Gasteiger partial charge in [0.25, 0.3) is 0 Å². The Morgan fingerprint density at radius 2 is 2.11 bits per heavy atom. The normalized spacial score (nSPS) is 12.1. The van der Waals surface area contributed by atoms with Gasteiger partial charge >= 0.3 is 0 Å². The van der Waals surface area contributed by atoms with Crippen molar-refractivity contribution in [1.29, 1.82) is 0 Å². The minimum atomic E-state index is -0.624. The van der Waals surface area contributed by atoms with Crippen LogP contribution in [0.15, 0.2) is 42.9 Å². The first-order chi connectivity index (χ1) is 8.81. The summed E-state index contributed by atoms with van der Waals surface area (Å²) in [4.78, 5) is 8.22. The Labute approximate surface area is 106 Å². The van der Waals surface area contributed by atoms with E-state index in [1.165, 1.54) is 0 Å². The molecule has 0 aliphatic heterocycles. The lowest BCUT2D eigenvalue weighted by Crippen LogP contribution is -2.04. The number of aromatic nitrogens is 2. The maximum atomic E-state index is 10.1. The van der Waals surface area contributed by atoms with Gasteiger partial charge in [0.05, 0.1) is 7.11 Å². The molecule has 4 heteroatoms. The highest BCUT2D eigenvalue weighted by Crippen LogP contribution is 2.25. The minimum absolute atomic E-state index is 0.587. The van der Waals surface area contributed by atoms with Gasteiger partial charge < -0.3 is 9.84 Å². The molecule has 0 radical (unpaired) electrons. The third-order valence-corrected chi connectivity index (χ3v) is 2.76. The lowest BCUT2D eigenvalue weighted by atomic mass is 10.1. The number of methoxy groups -OCH3 is 1. The fraction of sp³-hybridized carbons (Fsp3) is 0.286. The summed E-state index contributed by atoms with van der Waals surface area (Å²) in [5.74, 6) is 0.621. The fourth-order valence-electron chi connectivity index (χ4n) is 1.81. The number of hydrogen-bond acceptors (Lipinski definition) is 4. The molecule has 2 aromatic heterocycles. The van der Waals surface area contributed by atoms with E-state index in [1.54, 1.807) is 31.6 Å². The quantitative estimate of drug-likeness (QED) is 0.875. The highest BCUT2D eigenvalue weighted by Gasteiger charge is 2.14. The van der Waals surface area contributed by atoms with Crippen LogP contribution in [-0.2, 0) is 6.42 Å². The number of nitrogens with zero attached hydrogens (tertiary/aromatic N) is 2. The molecule has 2 heterocycles. The van der Waals surface area contributed by atoms with Crippen LogP contribution in [0.2, 0.25) is 0 Å². The molecular weight excluding hydrogens is 228 g/mol. The van der Waals surface area contributed by atoms with Gasteiger partial charge in [0.2, 0.25) is 0 Å². The van der Waals surface area contributed by atoms with Gasteiger partial charge in [-0.15, -0.1) is 0 Å². The van der Waals surface area contributed by atoms with E-state index in [0.29, 0.717) is 17.9 Å². The molecule has 0 spiro atoms. The SMILES string of the molecule is COc1cccnc1C(O)CCc1cccnc1. The van der Waals surface area contributed by atoms with Gasteiger partial charge in [-0.1, -0.05) is 6.07 Å². The monoisotopic (exact) mass is 244 g/mol. The maximum Gasteiger partial charge on any atom is 0.143 e. The van der Waals surface area contributed by atoms with Crippen LogP contribution >= 0.6 is 0 Å². The molecule has 1 atom stereocenters. The van der Waals surface area contributed by atoms with Crippen LogP contribution in [0.5, 0.6) is 5.75 Å². The average Bonchev–Trinajstić information content (AvgIpc) is 2.45. The Hall–Kier alpha value is -1.94. The predicted octanol–water partition coefficient (Wildman–Crippen LogP) is 2.15. The molecule has 2 aromatic rings. The summed E-state index contributed by atoms with van der Waals surface area (Å²) < 4.78 is 5.18. The van der Waals surface area contributed by atoms with Crippen molar-refractivity contribution in [3.05, 3.63) is 54.1 Å². The van der Waals surface area contributed by atoms with Crippen molar-refractivity contribution in [2.75, 3.05) is 7.11 Å². The molecule has 0 aliphatic carbocycles. The summed E-state index contributed by atoms with van der Waals surface area (Å²) in [6, 6.07) is 7.48. The summed E-state index contributed by atoms with van der Waals surface area (Å²) in [6.45, 7) is 0. The van der Waals surface area contributed by atoms with Crippen LogP contribution in [0, 0.1) is 0 Å². The van der Waals surface area contributed by atoms with Gasteiger partial charge in [0.1, 0.15) is 17.5 Å². The molecule has 0 saturated heterocycles. The number of rotatable bonds is 5. The maximum absolute atomic E-state index is 10.1. The van der Waals surface area contributed by atoms with Gasteiger partial charge in [-0.2, -0.15) is 0 Å². The van der Waals surface area contributed by atoms with E-state index < -0.39 is 6.10 Å². The standard InChI is InChI=1S/C14H16N2O2/c1-18-13-5-3-9-16-14(13)12(17)7-6-11-4-2-8-15-10-11/h2-5,8-10,12,17H,6-7H2,1H3. The second-order valence-electron chi connectivity index (χ2n) is 4.01. The smallest absolute Gasteiger partial charge is 0.143 e. The second-order valence-corrected chi connectivity index (χ2v) is 4.01. The van der Waals surface area contributed by atoms with Gasteiger partial charge in [-0.05, 0) is 36.6 Å². The van der Waals surface area contributed by atoms with Gasteiger partial charge in [0, 0.05) is 18.6 Å². The number of aliphatic hydroxyl groups excluding tert-OH is 1. The average molecular weight is 244 g/mol. The Bertz CT molecular complexity index is 488. The van der Waals surface area contributed by atoms with E-state index >= 15 is 0 Å². The molecule has 0 fully saturated rings. The van der Waals surface area contributed by atoms with Crippen molar-refractivity contribution in [2.45, 2.75) is 18.9 Å². The minimum Gasteiger partial charge on any atom is -0.495 e. The van der Waals surface area contributed by atoms with Crippen molar-refractivity contribution in [3.8, 4) is 5.75 Å². The molecule has 18 heavy (non-hydrogen) atoms. The fourth-order valence-corrected chi connectivity index (χ4v) is 1.81. The zero-order chi connectivity index (χ0) is 12.8. The number of aliphatic hydroxyl groups is 1. The molecule has 2 rings (SSSR count). The first-order valence-electron chi connectivity index (χ1n) is 5.87. The molecule has 1 unspecified atom stereocenters. The summed E-state index contributed by atoms with van der Waals surface area (Å²) in [5.41, 5.74) is 1.69. The number of hydrogen-bond donors (Lipinski definition) is 1. The molecule has 4 nitrogen and oxygen atoms in total. The van der Waals surface area contributed by atoms with Crippen molar-refractivity contribution in [3.63, 3.8) is 0 Å². The van der Waals surface area contributed by atoms with Crippen molar-refractivity contribution < 1.29 is 9.84 Å². The molecule has 0 bridgehead atoms. The van der Waals surface area contributed by atoms with E-state index in [1.807, 2.05) is 18.3 Å². The van der Waals surface area contributed by atoms with Crippen LogP contribution in [0.1, 0.15) is 23.8 Å². The first-order valence-corrected chi connectivity index (χ1v) is 5.87. The van der Waals surface area contributed by atoms with Gasteiger partial charge in [-0.25, -0.2) is 0 Å². The zero-order valence-electron chi connectivity index (χ0n) is 10.3. The summed E-state index contributed by atoms with van der Waals surface area (Å²) in [5, 5.41) is 10.1. The Kier molecular flexibility index (Phi) is 4.25. The van der Waals surface area contributed by atoms with E-state index in [2.05, 4.69) is 9.97 Å². The highest BCUT2D eigenvalue weighted by atomic mass is 16.5. The second kappa shape index (κ2) is 6.12. The van der Waals surface area contributed by atoms with Crippen LogP contribution in [0.25, 0.3) is 0 Å². The van der Waals surface area contributed by atoms with Crippen molar-refractivity contribution in [1.82, 2.24) is 9.97 Å². The summed E-state index contributed by atoms with van der Waals surface area (Å²) in [6.07, 6.45) is 5.93. The molecule has 1 N–H and O–H groups in total. The molecule has 0 aliphatic rings.